The van der Waals surface area contributed by atoms with Crippen molar-refractivity contribution in [2.24, 2.45) is 11.3 Å². The third-order valence-electron chi connectivity index (χ3n) is 6.92. The van der Waals surface area contributed by atoms with Gasteiger partial charge in [-0.25, -0.2) is 0 Å². The number of furan rings is 1. The van der Waals surface area contributed by atoms with Crippen LogP contribution in [0.1, 0.15) is 56.6 Å². The Balaban J connectivity index is 1.19. The molecule has 3 fully saturated rings. The van der Waals surface area contributed by atoms with Gasteiger partial charge in [-0.2, -0.15) is 0 Å². The Bertz CT molecular complexity index is 903. The van der Waals surface area contributed by atoms with Crippen molar-refractivity contribution in [1.29, 1.82) is 0 Å². The zero-order chi connectivity index (χ0) is 18.6. The SMILES string of the molecule is O=C1CCC2(C1)CC(C(=O)N1CCC(c3cc4cc(Cl)ccc4o3)CC1)C2. The zero-order valence-electron chi connectivity index (χ0n) is 15.4. The summed E-state index contributed by atoms with van der Waals surface area (Å²) in [7, 11) is 0. The van der Waals surface area contributed by atoms with Gasteiger partial charge in [0, 0.05) is 48.2 Å². The summed E-state index contributed by atoms with van der Waals surface area (Å²) >= 11 is 6.06. The summed E-state index contributed by atoms with van der Waals surface area (Å²) in [6, 6.07) is 7.79. The summed E-state index contributed by atoms with van der Waals surface area (Å²) in [5.74, 6) is 2.19. The molecule has 1 aliphatic heterocycles. The van der Waals surface area contributed by atoms with Gasteiger partial charge in [0.25, 0.3) is 0 Å². The fourth-order valence-corrected chi connectivity index (χ4v) is 5.57. The third-order valence-corrected chi connectivity index (χ3v) is 7.16. The van der Waals surface area contributed by atoms with Gasteiger partial charge in [0.15, 0.2) is 0 Å². The summed E-state index contributed by atoms with van der Waals surface area (Å²) in [5.41, 5.74) is 1.05. The van der Waals surface area contributed by atoms with Crippen molar-refractivity contribution in [2.45, 2.75) is 50.9 Å². The molecule has 4 nitrogen and oxygen atoms in total. The molecule has 2 heterocycles. The molecular formula is C22H24ClNO3. The van der Waals surface area contributed by atoms with E-state index in [9.17, 15) is 9.59 Å². The van der Waals surface area contributed by atoms with Crippen LogP contribution in [0.5, 0.6) is 0 Å². The molecule has 1 amide bonds. The number of fused-ring (bicyclic) bond motifs is 1. The summed E-state index contributed by atoms with van der Waals surface area (Å²) in [5, 5.41) is 1.76. The van der Waals surface area contributed by atoms with Gasteiger partial charge >= 0.3 is 0 Å². The summed E-state index contributed by atoms with van der Waals surface area (Å²) in [6.45, 7) is 1.59. The second kappa shape index (κ2) is 6.37. The lowest BCUT2D eigenvalue weighted by Gasteiger charge is -2.46. The number of likely N-dealkylation sites (tertiary alicyclic amines) is 1. The van der Waals surface area contributed by atoms with E-state index in [1.54, 1.807) is 0 Å². The minimum absolute atomic E-state index is 0.140. The first kappa shape index (κ1) is 17.3. The highest BCUT2D eigenvalue weighted by Crippen LogP contribution is 2.55. The van der Waals surface area contributed by atoms with Gasteiger partial charge in [0.05, 0.1) is 0 Å². The predicted octanol–water partition coefficient (Wildman–Crippen LogP) is 4.94. The molecule has 0 atom stereocenters. The molecule has 3 aliphatic rings. The van der Waals surface area contributed by atoms with Crippen molar-refractivity contribution in [3.05, 3.63) is 35.0 Å². The first-order valence-corrected chi connectivity index (χ1v) is 10.4. The Morgan fingerprint density at radius 3 is 2.67 bits per heavy atom. The second-order valence-electron chi connectivity index (χ2n) is 8.75. The van der Waals surface area contributed by atoms with Gasteiger partial charge in [-0.3, -0.25) is 9.59 Å². The van der Waals surface area contributed by atoms with Crippen LogP contribution in [0.15, 0.2) is 28.7 Å². The molecule has 1 spiro atoms. The Labute approximate surface area is 163 Å². The van der Waals surface area contributed by atoms with Crippen LogP contribution < -0.4 is 0 Å². The number of amides is 1. The van der Waals surface area contributed by atoms with E-state index in [0.717, 1.165) is 73.4 Å². The molecule has 1 aromatic carbocycles. The highest BCUT2D eigenvalue weighted by Gasteiger charge is 2.51. The highest BCUT2D eigenvalue weighted by atomic mass is 35.5. The fourth-order valence-electron chi connectivity index (χ4n) is 5.39. The Hall–Kier alpha value is -1.81. The Morgan fingerprint density at radius 1 is 1.19 bits per heavy atom. The predicted molar refractivity (Wildman–Crippen MR) is 104 cm³/mol. The average Bonchev–Trinajstić information content (AvgIpc) is 3.23. The lowest BCUT2D eigenvalue weighted by atomic mass is 9.60. The number of nitrogens with zero attached hydrogens (tertiary/aromatic N) is 1. The van der Waals surface area contributed by atoms with Crippen molar-refractivity contribution in [2.75, 3.05) is 13.1 Å². The molecule has 2 aromatic rings. The van der Waals surface area contributed by atoms with Crippen molar-refractivity contribution in [3.8, 4) is 0 Å². The molecule has 0 bridgehead atoms. The molecule has 0 radical (unpaired) electrons. The molecule has 5 rings (SSSR count). The number of carbonyl (C=O) groups excluding carboxylic acids is 2. The maximum Gasteiger partial charge on any atom is 0.225 e. The van der Waals surface area contributed by atoms with Crippen LogP contribution in [0, 0.1) is 11.3 Å². The van der Waals surface area contributed by atoms with Gasteiger partial charge in [0.2, 0.25) is 5.91 Å². The molecule has 2 aliphatic carbocycles. The lowest BCUT2D eigenvalue weighted by Crippen LogP contribution is -2.48. The Morgan fingerprint density at radius 2 is 1.96 bits per heavy atom. The lowest BCUT2D eigenvalue weighted by molar-refractivity contribution is -0.145. The second-order valence-corrected chi connectivity index (χ2v) is 9.19. The van der Waals surface area contributed by atoms with Gasteiger partial charge in [-0.15, -0.1) is 0 Å². The van der Waals surface area contributed by atoms with Crippen molar-refractivity contribution >= 4 is 34.3 Å². The van der Waals surface area contributed by atoms with Gasteiger partial charge < -0.3 is 9.32 Å². The maximum absolute atomic E-state index is 12.8. The van der Waals surface area contributed by atoms with Crippen molar-refractivity contribution < 1.29 is 14.0 Å². The zero-order valence-corrected chi connectivity index (χ0v) is 16.1. The number of benzene rings is 1. The van der Waals surface area contributed by atoms with Crippen LogP contribution in [0.4, 0.5) is 0 Å². The number of carbonyl (C=O) groups is 2. The summed E-state index contributed by atoms with van der Waals surface area (Å²) < 4.78 is 6.02. The molecule has 142 valence electrons. The molecule has 1 saturated heterocycles. The van der Waals surface area contributed by atoms with Crippen LogP contribution in [-0.4, -0.2) is 29.7 Å². The molecule has 2 saturated carbocycles. The van der Waals surface area contributed by atoms with Crippen molar-refractivity contribution in [3.63, 3.8) is 0 Å². The number of rotatable bonds is 2. The van der Waals surface area contributed by atoms with E-state index < -0.39 is 0 Å². The third kappa shape index (κ3) is 3.08. The van der Waals surface area contributed by atoms with Crippen LogP contribution >= 0.6 is 11.6 Å². The summed E-state index contributed by atoms with van der Waals surface area (Å²) in [4.78, 5) is 26.4. The van der Waals surface area contributed by atoms with Gasteiger partial charge in [-0.05, 0) is 61.8 Å². The number of hydrogen-bond acceptors (Lipinski definition) is 3. The van der Waals surface area contributed by atoms with Gasteiger partial charge in [0.1, 0.15) is 17.1 Å². The van der Waals surface area contributed by atoms with E-state index in [1.807, 2.05) is 23.1 Å². The first-order chi connectivity index (χ1) is 13.0. The van der Waals surface area contributed by atoms with E-state index in [4.69, 9.17) is 16.0 Å². The number of halogens is 1. The Kier molecular flexibility index (Phi) is 4.08. The minimum Gasteiger partial charge on any atom is -0.461 e. The number of Topliss-reactive ketones (excluding diaryl/α,β-unsaturated/α-hetero) is 1. The molecular weight excluding hydrogens is 362 g/mol. The number of piperidine rings is 1. The van der Waals surface area contributed by atoms with Crippen molar-refractivity contribution in [1.82, 2.24) is 4.90 Å². The standard InChI is InChI=1S/C22H24ClNO3/c23-17-1-2-19-15(9-17)10-20(27-19)14-4-7-24(8-5-14)21(26)16-11-22(12-16)6-3-18(25)13-22/h1-2,9-10,14,16H,3-8,11-13H2. The minimum atomic E-state index is 0.140. The largest absolute Gasteiger partial charge is 0.461 e. The average molecular weight is 386 g/mol. The number of ketones is 1. The molecule has 1 aromatic heterocycles. The van der Waals surface area contributed by atoms with E-state index in [0.29, 0.717) is 24.0 Å². The van der Waals surface area contributed by atoms with Crippen LogP contribution in [-0.2, 0) is 9.59 Å². The number of hydrogen-bond donors (Lipinski definition) is 0. The quantitative estimate of drug-likeness (QED) is 0.735. The highest BCUT2D eigenvalue weighted by molar-refractivity contribution is 6.31. The van der Waals surface area contributed by atoms with E-state index in [1.165, 1.54) is 0 Å². The smallest absolute Gasteiger partial charge is 0.225 e. The van der Waals surface area contributed by atoms with Gasteiger partial charge in [-0.1, -0.05) is 11.6 Å². The maximum atomic E-state index is 12.8. The summed E-state index contributed by atoms with van der Waals surface area (Å²) in [6.07, 6.45) is 6.13. The van der Waals surface area contributed by atoms with E-state index in [-0.39, 0.29) is 11.3 Å². The van der Waals surface area contributed by atoms with Crippen LogP contribution in [0.25, 0.3) is 11.0 Å². The fraction of sp³-hybridized carbons (Fsp3) is 0.545. The molecule has 0 unspecified atom stereocenters. The molecule has 0 N–H and O–H groups in total. The van der Waals surface area contributed by atoms with E-state index >= 15 is 0 Å². The van der Waals surface area contributed by atoms with E-state index in [2.05, 4.69) is 6.07 Å². The van der Waals surface area contributed by atoms with Crippen LogP contribution in [0.3, 0.4) is 0 Å². The first-order valence-electron chi connectivity index (χ1n) is 10.0. The monoisotopic (exact) mass is 385 g/mol. The molecule has 5 heteroatoms. The molecule has 27 heavy (non-hydrogen) atoms. The topological polar surface area (TPSA) is 50.5 Å². The normalized spacial score (nSPS) is 28.9. The van der Waals surface area contributed by atoms with Crippen LogP contribution in [0.2, 0.25) is 5.02 Å².